The summed E-state index contributed by atoms with van der Waals surface area (Å²) in [7, 11) is 1.48. The molecule has 0 radical (unpaired) electrons. The molecule has 3 nitrogen and oxygen atoms in total. The highest BCUT2D eigenvalue weighted by Crippen LogP contribution is 2.29. The lowest BCUT2D eigenvalue weighted by atomic mass is 10.0. The molecule has 1 rings (SSSR count). The van der Waals surface area contributed by atoms with Crippen LogP contribution in [0, 0.1) is 5.82 Å². The molecule has 1 unspecified atom stereocenters. The largest absolute Gasteiger partial charge is 0.496 e. The topological polar surface area (TPSA) is 32.7 Å². The molecule has 0 aromatic heterocycles. The van der Waals surface area contributed by atoms with Crippen molar-refractivity contribution in [1.29, 1.82) is 0 Å². The zero-order valence-corrected chi connectivity index (χ0v) is 11.3. The Morgan fingerprint density at radius 1 is 1.33 bits per heavy atom. The van der Waals surface area contributed by atoms with Gasteiger partial charge in [0, 0.05) is 6.54 Å². The van der Waals surface area contributed by atoms with Crippen molar-refractivity contribution < 1.29 is 14.2 Å². The van der Waals surface area contributed by atoms with Gasteiger partial charge < -0.3 is 14.7 Å². The minimum Gasteiger partial charge on any atom is -0.496 e. The maximum atomic E-state index is 13.7. The zero-order chi connectivity index (χ0) is 13.5. The SMILES string of the molecule is CCN(CC)CCC(O)c1c(F)cccc1OC. The molecule has 0 aliphatic rings. The van der Waals surface area contributed by atoms with E-state index in [2.05, 4.69) is 18.7 Å². The summed E-state index contributed by atoms with van der Waals surface area (Å²) in [6, 6.07) is 4.59. The van der Waals surface area contributed by atoms with Gasteiger partial charge in [-0.15, -0.1) is 0 Å². The number of hydrogen-bond acceptors (Lipinski definition) is 3. The molecule has 18 heavy (non-hydrogen) atoms. The Bertz CT molecular complexity index is 367. The standard InChI is InChI=1S/C14H22FNO2/c1-4-16(5-2)10-9-12(17)14-11(15)7-6-8-13(14)18-3/h6-8,12,17H,4-5,9-10H2,1-3H3. The third-order valence-corrected chi connectivity index (χ3v) is 3.18. The van der Waals surface area contributed by atoms with E-state index in [0.29, 0.717) is 12.2 Å². The third-order valence-electron chi connectivity index (χ3n) is 3.18. The van der Waals surface area contributed by atoms with Gasteiger partial charge in [0.25, 0.3) is 0 Å². The van der Waals surface area contributed by atoms with E-state index in [9.17, 15) is 9.50 Å². The maximum absolute atomic E-state index is 13.7. The lowest BCUT2D eigenvalue weighted by Crippen LogP contribution is -2.25. The quantitative estimate of drug-likeness (QED) is 0.813. The van der Waals surface area contributed by atoms with Crippen LogP contribution in [0.5, 0.6) is 5.75 Å². The first-order valence-corrected chi connectivity index (χ1v) is 6.36. The number of rotatable bonds is 7. The molecule has 0 amide bonds. The predicted octanol–water partition coefficient (Wildman–Crippen LogP) is 2.60. The summed E-state index contributed by atoms with van der Waals surface area (Å²) in [5, 5.41) is 10.1. The molecule has 4 heteroatoms. The Labute approximate surface area is 108 Å². The summed E-state index contributed by atoms with van der Waals surface area (Å²) >= 11 is 0. The van der Waals surface area contributed by atoms with Gasteiger partial charge in [-0.05, 0) is 31.6 Å². The Balaban J connectivity index is 2.74. The van der Waals surface area contributed by atoms with E-state index in [1.165, 1.54) is 13.2 Å². The van der Waals surface area contributed by atoms with Crippen molar-refractivity contribution in [3.05, 3.63) is 29.6 Å². The Morgan fingerprint density at radius 3 is 2.56 bits per heavy atom. The van der Waals surface area contributed by atoms with Crippen LogP contribution < -0.4 is 4.74 Å². The van der Waals surface area contributed by atoms with Crippen LogP contribution in [0.25, 0.3) is 0 Å². The van der Waals surface area contributed by atoms with Gasteiger partial charge in [0.2, 0.25) is 0 Å². The highest BCUT2D eigenvalue weighted by atomic mass is 19.1. The van der Waals surface area contributed by atoms with Crippen LogP contribution in [0.2, 0.25) is 0 Å². The third kappa shape index (κ3) is 3.68. The number of benzene rings is 1. The lowest BCUT2D eigenvalue weighted by Gasteiger charge is -2.21. The van der Waals surface area contributed by atoms with Crippen molar-refractivity contribution in [2.45, 2.75) is 26.4 Å². The number of aliphatic hydroxyl groups excluding tert-OH is 1. The summed E-state index contributed by atoms with van der Waals surface area (Å²) in [5.41, 5.74) is 0.257. The molecule has 1 aromatic rings. The molecule has 0 bridgehead atoms. The predicted molar refractivity (Wildman–Crippen MR) is 70.3 cm³/mol. The maximum Gasteiger partial charge on any atom is 0.132 e. The normalized spacial score (nSPS) is 12.8. The second-order valence-electron chi connectivity index (χ2n) is 4.19. The van der Waals surface area contributed by atoms with E-state index in [4.69, 9.17) is 4.74 Å². The van der Waals surface area contributed by atoms with Crippen molar-refractivity contribution in [2.24, 2.45) is 0 Å². The molecular formula is C14H22FNO2. The number of ether oxygens (including phenoxy) is 1. The van der Waals surface area contributed by atoms with Gasteiger partial charge in [-0.2, -0.15) is 0 Å². The molecule has 1 aromatic carbocycles. The molecule has 0 heterocycles. The number of halogens is 1. The van der Waals surface area contributed by atoms with E-state index in [1.54, 1.807) is 12.1 Å². The van der Waals surface area contributed by atoms with Gasteiger partial charge in [0.05, 0.1) is 18.8 Å². The van der Waals surface area contributed by atoms with E-state index in [-0.39, 0.29) is 5.56 Å². The van der Waals surface area contributed by atoms with E-state index >= 15 is 0 Å². The van der Waals surface area contributed by atoms with Gasteiger partial charge in [-0.25, -0.2) is 4.39 Å². The van der Waals surface area contributed by atoms with Crippen molar-refractivity contribution in [3.8, 4) is 5.75 Å². The molecule has 1 atom stereocenters. The number of methoxy groups -OCH3 is 1. The molecule has 0 spiro atoms. The summed E-state index contributed by atoms with van der Waals surface area (Å²) < 4.78 is 18.8. The molecule has 1 N–H and O–H groups in total. The molecular weight excluding hydrogens is 233 g/mol. The van der Waals surface area contributed by atoms with Gasteiger partial charge in [0.1, 0.15) is 11.6 Å². The number of aliphatic hydroxyl groups is 1. The van der Waals surface area contributed by atoms with Crippen LogP contribution in [0.3, 0.4) is 0 Å². The van der Waals surface area contributed by atoms with E-state index in [0.717, 1.165) is 19.6 Å². The number of hydrogen-bond donors (Lipinski definition) is 1. The summed E-state index contributed by atoms with van der Waals surface area (Å²) in [6.07, 6.45) is -0.333. The van der Waals surface area contributed by atoms with Crippen LogP contribution in [0.1, 0.15) is 31.9 Å². The van der Waals surface area contributed by atoms with Crippen LogP contribution in [-0.2, 0) is 0 Å². The first kappa shape index (κ1) is 14.9. The summed E-state index contributed by atoms with van der Waals surface area (Å²) in [4.78, 5) is 2.19. The van der Waals surface area contributed by atoms with E-state index < -0.39 is 11.9 Å². The highest BCUT2D eigenvalue weighted by Gasteiger charge is 2.18. The minimum absolute atomic E-state index is 0.257. The zero-order valence-electron chi connectivity index (χ0n) is 11.3. The molecule has 102 valence electrons. The van der Waals surface area contributed by atoms with Crippen molar-refractivity contribution >= 4 is 0 Å². The fourth-order valence-electron chi connectivity index (χ4n) is 2.01. The van der Waals surface area contributed by atoms with E-state index in [1.807, 2.05) is 0 Å². The molecule has 0 saturated heterocycles. The second kappa shape index (κ2) is 7.34. The van der Waals surface area contributed by atoms with Crippen molar-refractivity contribution in [2.75, 3.05) is 26.7 Å². The smallest absolute Gasteiger partial charge is 0.132 e. The van der Waals surface area contributed by atoms with Crippen LogP contribution in [0.4, 0.5) is 4.39 Å². The Hall–Kier alpha value is -1.13. The molecule has 0 aliphatic carbocycles. The highest BCUT2D eigenvalue weighted by molar-refractivity contribution is 5.36. The number of nitrogens with zero attached hydrogens (tertiary/aromatic N) is 1. The van der Waals surface area contributed by atoms with Gasteiger partial charge in [0.15, 0.2) is 0 Å². The Kier molecular flexibility index (Phi) is 6.09. The fourth-order valence-corrected chi connectivity index (χ4v) is 2.01. The first-order valence-electron chi connectivity index (χ1n) is 6.36. The summed E-state index contributed by atoms with van der Waals surface area (Å²) in [6.45, 7) is 6.74. The monoisotopic (exact) mass is 255 g/mol. The lowest BCUT2D eigenvalue weighted by molar-refractivity contribution is 0.138. The van der Waals surface area contributed by atoms with Crippen LogP contribution in [-0.4, -0.2) is 36.8 Å². The summed E-state index contributed by atoms with van der Waals surface area (Å²) in [5.74, 6) is -0.0107. The second-order valence-corrected chi connectivity index (χ2v) is 4.19. The van der Waals surface area contributed by atoms with Crippen LogP contribution in [0.15, 0.2) is 18.2 Å². The van der Waals surface area contributed by atoms with Crippen LogP contribution >= 0.6 is 0 Å². The minimum atomic E-state index is -0.832. The van der Waals surface area contributed by atoms with Gasteiger partial charge >= 0.3 is 0 Å². The average Bonchev–Trinajstić information content (AvgIpc) is 2.39. The van der Waals surface area contributed by atoms with Crippen molar-refractivity contribution in [3.63, 3.8) is 0 Å². The van der Waals surface area contributed by atoms with Gasteiger partial charge in [-0.3, -0.25) is 0 Å². The first-order chi connectivity index (χ1) is 8.63. The molecule has 0 aliphatic heterocycles. The average molecular weight is 255 g/mol. The van der Waals surface area contributed by atoms with Gasteiger partial charge in [-0.1, -0.05) is 19.9 Å². The molecule has 0 fully saturated rings. The Morgan fingerprint density at radius 2 is 2.00 bits per heavy atom. The van der Waals surface area contributed by atoms with Crippen molar-refractivity contribution in [1.82, 2.24) is 4.90 Å². The fraction of sp³-hybridized carbons (Fsp3) is 0.571. The molecule has 0 saturated carbocycles.